The number of esters is 1. The van der Waals surface area contributed by atoms with Gasteiger partial charge in [-0.15, -0.1) is 0 Å². The number of aliphatic hydroxyl groups is 1. The first-order valence-electron chi connectivity index (χ1n) is 9.23. The van der Waals surface area contributed by atoms with Gasteiger partial charge in [-0.3, -0.25) is 9.59 Å². The lowest BCUT2D eigenvalue weighted by atomic mass is 9.48. The molecule has 130 valence electrons. The molecule has 4 aliphatic rings. The van der Waals surface area contributed by atoms with Gasteiger partial charge in [-0.05, 0) is 75.5 Å². The predicted molar refractivity (Wildman–Crippen MR) is 86.7 cm³/mol. The van der Waals surface area contributed by atoms with E-state index in [1.165, 1.54) is 38.5 Å². The van der Waals surface area contributed by atoms with E-state index in [1.807, 2.05) is 0 Å². The van der Waals surface area contributed by atoms with Gasteiger partial charge in [-0.2, -0.15) is 0 Å². The molecule has 0 spiro atoms. The lowest BCUT2D eigenvalue weighted by molar-refractivity contribution is -0.152. The number of rotatable bonds is 7. The number of ether oxygens (including phenoxy) is 1. The molecule has 0 aliphatic heterocycles. The van der Waals surface area contributed by atoms with E-state index in [1.54, 1.807) is 13.8 Å². The quantitative estimate of drug-likeness (QED) is 0.577. The van der Waals surface area contributed by atoms with Crippen LogP contribution in [0.2, 0.25) is 0 Å². The molecule has 4 fully saturated rings. The van der Waals surface area contributed by atoms with E-state index in [0.29, 0.717) is 12.8 Å². The largest absolute Gasteiger partial charge is 0.462 e. The number of aliphatic hydroxyl groups excluding tert-OH is 1. The fourth-order valence-corrected chi connectivity index (χ4v) is 5.94. The molecule has 2 atom stereocenters. The third-order valence-corrected chi connectivity index (χ3v) is 6.08. The van der Waals surface area contributed by atoms with Crippen molar-refractivity contribution in [2.75, 3.05) is 0 Å². The van der Waals surface area contributed by atoms with Gasteiger partial charge in [0.05, 0.1) is 6.10 Å². The van der Waals surface area contributed by atoms with Crippen molar-refractivity contribution in [2.45, 2.75) is 83.8 Å². The fourth-order valence-electron chi connectivity index (χ4n) is 5.94. The third-order valence-electron chi connectivity index (χ3n) is 6.08. The average Bonchev–Trinajstić information content (AvgIpc) is 2.33. The molecule has 0 saturated heterocycles. The molecule has 4 heteroatoms. The standard InChI is InChI=1S/C19H30O4/c1-12(20)3-13(2)23-18(22)7-17(21)11-19-8-14-4-15(9-19)6-16(5-14)10-19/h12-16,20H,3-11H2,1-2H3/t12-,13-,14?,15?,16?,19?/m0/s1. The SMILES string of the molecule is C[C@H](O)C[C@H](C)OC(=O)CC(=O)CC12CC3CC(CC(C3)C1)C2. The van der Waals surface area contributed by atoms with Crippen LogP contribution in [0.3, 0.4) is 0 Å². The zero-order valence-corrected chi connectivity index (χ0v) is 14.4. The highest BCUT2D eigenvalue weighted by atomic mass is 16.5. The summed E-state index contributed by atoms with van der Waals surface area (Å²) >= 11 is 0. The molecule has 0 unspecified atom stereocenters. The smallest absolute Gasteiger partial charge is 0.313 e. The second kappa shape index (κ2) is 6.54. The van der Waals surface area contributed by atoms with Crippen LogP contribution >= 0.6 is 0 Å². The molecular weight excluding hydrogens is 292 g/mol. The van der Waals surface area contributed by atoms with E-state index in [9.17, 15) is 14.7 Å². The molecule has 0 amide bonds. The first-order valence-corrected chi connectivity index (χ1v) is 9.23. The van der Waals surface area contributed by atoms with Gasteiger partial charge in [0.1, 0.15) is 18.3 Å². The van der Waals surface area contributed by atoms with Gasteiger partial charge in [0, 0.05) is 12.8 Å². The van der Waals surface area contributed by atoms with E-state index >= 15 is 0 Å². The summed E-state index contributed by atoms with van der Waals surface area (Å²) in [4.78, 5) is 24.3. The Balaban J connectivity index is 1.49. The molecule has 23 heavy (non-hydrogen) atoms. The normalized spacial score (nSPS) is 37.4. The first-order chi connectivity index (χ1) is 10.8. The van der Waals surface area contributed by atoms with Crippen molar-refractivity contribution in [1.29, 1.82) is 0 Å². The maximum absolute atomic E-state index is 12.4. The molecule has 1 N–H and O–H groups in total. The van der Waals surface area contributed by atoms with E-state index < -0.39 is 12.1 Å². The number of ketones is 1. The van der Waals surface area contributed by atoms with Crippen molar-refractivity contribution in [3.05, 3.63) is 0 Å². The highest BCUT2D eigenvalue weighted by molar-refractivity contribution is 5.95. The zero-order valence-electron chi connectivity index (χ0n) is 14.4. The Kier molecular flexibility index (Phi) is 4.82. The Bertz CT molecular complexity index is 433. The third kappa shape index (κ3) is 4.14. The second-order valence-electron chi connectivity index (χ2n) is 8.69. The van der Waals surface area contributed by atoms with Crippen LogP contribution in [-0.4, -0.2) is 29.1 Å². The van der Waals surface area contributed by atoms with Crippen molar-refractivity contribution >= 4 is 11.8 Å². The summed E-state index contributed by atoms with van der Waals surface area (Å²) in [6.07, 6.45) is 7.71. The van der Waals surface area contributed by atoms with Crippen LogP contribution in [0.1, 0.15) is 71.6 Å². The van der Waals surface area contributed by atoms with Gasteiger partial charge < -0.3 is 9.84 Å². The Morgan fingerprint density at radius 3 is 2.09 bits per heavy atom. The van der Waals surface area contributed by atoms with Crippen LogP contribution in [0.4, 0.5) is 0 Å². The van der Waals surface area contributed by atoms with Gasteiger partial charge >= 0.3 is 5.97 Å². The van der Waals surface area contributed by atoms with E-state index in [-0.39, 0.29) is 23.7 Å². The number of Topliss-reactive ketones (excluding diaryl/α,β-unsaturated/α-hetero) is 1. The molecule has 0 aromatic rings. The monoisotopic (exact) mass is 322 g/mol. The average molecular weight is 322 g/mol. The Hall–Kier alpha value is -0.900. The van der Waals surface area contributed by atoms with Crippen LogP contribution in [-0.2, 0) is 14.3 Å². The minimum Gasteiger partial charge on any atom is -0.462 e. The highest BCUT2D eigenvalue weighted by Gasteiger charge is 2.51. The molecule has 4 nitrogen and oxygen atoms in total. The summed E-state index contributed by atoms with van der Waals surface area (Å²) < 4.78 is 5.23. The van der Waals surface area contributed by atoms with Crippen molar-refractivity contribution in [2.24, 2.45) is 23.2 Å². The molecule has 0 aromatic carbocycles. The Morgan fingerprint density at radius 1 is 1.09 bits per heavy atom. The summed E-state index contributed by atoms with van der Waals surface area (Å²) in [7, 11) is 0. The predicted octanol–water partition coefficient (Wildman–Crippen LogP) is 3.25. The summed E-state index contributed by atoms with van der Waals surface area (Å²) in [5.74, 6) is 2.08. The molecule has 4 bridgehead atoms. The van der Waals surface area contributed by atoms with Crippen LogP contribution < -0.4 is 0 Å². The Morgan fingerprint density at radius 2 is 1.61 bits per heavy atom. The van der Waals surface area contributed by atoms with E-state index in [2.05, 4.69) is 0 Å². The first kappa shape index (κ1) is 16.9. The minimum atomic E-state index is -0.500. The zero-order chi connectivity index (χ0) is 16.6. The maximum Gasteiger partial charge on any atom is 0.313 e. The number of hydrogen-bond donors (Lipinski definition) is 1. The molecule has 0 radical (unpaired) electrons. The van der Waals surface area contributed by atoms with Gasteiger partial charge in [0.2, 0.25) is 0 Å². The summed E-state index contributed by atoms with van der Waals surface area (Å²) in [5, 5.41) is 9.30. The molecule has 0 heterocycles. The highest BCUT2D eigenvalue weighted by Crippen LogP contribution is 2.61. The Labute approximate surface area is 139 Å². The maximum atomic E-state index is 12.4. The molecule has 4 saturated carbocycles. The minimum absolute atomic E-state index is 0.0428. The van der Waals surface area contributed by atoms with Gasteiger partial charge in [-0.25, -0.2) is 0 Å². The van der Waals surface area contributed by atoms with Crippen LogP contribution in [0.5, 0.6) is 0 Å². The van der Waals surface area contributed by atoms with Crippen molar-refractivity contribution < 1.29 is 19.4 Å². The molecular formula is C19H30O4. The van der Waals surface area contributed by atoms with Gasteiger partial charge in [0.25, 0.3) is 0 Å². The topological polar surface area (TPSA) is 63.6 Å². The van der Waals surface area contributed by atoms with Crippen molar-refractivity contribution in [3.63, 3.8) is 0 Å². The molecule has 4 rings (SSSR count). The van der Waals surface area contributed by atoms with Gasteiger partial charge in [0.15, 0.2) is 0 Å². The van der Waals surface area contributed by atoms with Crippen LogP contribution in [0, 0.1) is 23.2 Å². The van der Waals surface area contributed by atoms with Crippen LogP contribution in [0.25, 0.3) is 0 Å². The summed E-state index contributed by atoms with van der Waals surface area (Å²) in [6.45, 7) is 3.43. The number of carbonyl (C=O) groups excluding carboxylic acids is 2. The van der Waals surface area contributed by atoms with E-state index in [0.717, 1.165) is 17.8 Å². The number of hydrogen-bond acceptors (Lipinski definition) is 4. The second-order valence-corrected chi connectivity index (χ2v) is 8.69. The lowest BCUT2D eigenvalue weighted by Crippen LogP contribution is -2.47. The number of carbonyl (C=O) groups is 2. The van der Waals surface area contributed by atoms with Crippen LogP contribution in [0.15, 0.2) is 0 Å². The lowest BCUT2D eigenvalue weighted by Gasteiger charge is -2.56. The molecule has 0 aromatic heterocycles. The molecule has 4 aliphatic carbocycles. The van der Waals surface area contributed by atoms with Crippen molar-refractivity contribution in [1.82, 2.24) is 0 Å². The fraction of sp³-hybridized carbons (Fsp3) is 0.895. The summed E-state index contributed by atoms with van der Waals surface area (Å²) in [5.41, 5.74) is 0.192. The summed E-state index contributed by atoms with van der Waals surface area (Å²) in [6, 6.07) is 0. The van der Waals surface area contributed by atoms with E-state index in [4.69, 9.17) is 4.74 Å². The van der Waals surface area contributed by atoms with Crippen molar-refractivity contribution in [3.8, 4) is 0 Å². The van der Waals surface area contributed by atoms with Gasteiger partial charge in [-0.1, -0.05) is 0 Å².